The maximum atomic E-state index is 8.77. The van der Waals surface area contributed by atoms with E-state index in [0.29, 0.717) is 0 Å². The van der Waals surface area contributed by atoms with Gasteiger partial charge in [-0.3, -0.25) is 9.11 Å². The molecule has 0 bridgehead atoms. The lowest BCUT2D eigenvalue weighted by atomic mass is 11.0. The van der Waals surface area contributed by atoms with E-state index in [0.717, 1.165) is 0 Å². The van der Waals surface area contributed by atoms with Crippen LogP contribution in [0.15, 0.2) is 0 Å². The molecular formula is C3H9NO2S2. The maximum absolute atomic E-state index is 8.77. The van der Waals surface area contributed by atoms with Gasteiger partial charge in [0.15, 0.2) is 4.32 Å². The van der Waals surface area contributed by atoms with Crippen LogP contribution in [0.2, 0.25) is 0 Å². The van der Waals surface area contributed by atoms with E-state index in [4.69, 9.17) is 14.8 Å². The Labute approximate surface area is 55.2 Å². The van der Waals surface area contributed by atoms with Crippen LogP contribution in [-0.2, 0) is 0 Å². The zero-order chi connectivity index (χ0) is 6.78. The van der Waals surface area contributed by atoms with Crippen molar-refractivity contribution < 1.29 is 9.11 Å². The average Bonchev–Trinajstić information content (AvgIpc) is 1.67. The van der Waals surface area contributed by atoms with Crippen LogP contribution in [0.1, 0.15) is 6.92 Å². The van der Waals surface area contributed by atoms with Gasteiger partial charge in [0.25, 0.3) is 0 Å². The van der Waals surface area contributed by atoms with Crippen LogP contribution in [0.3, 0.4) is 0 Å². The molecule has 0 radical (unpaired) electrons. The molecule has 0 unspecified atom stereocenters. The summed E-state index contributed by atoms with van der Waals surface area (Å²) in [6.07, 6.45) is 0. The van der Waals surface area contributed by atoms with Crippen molar-refractivity contribution >= 4 is 27.1 Å². The van der Waals surface area contributed by atoms with Crippen LogP contribution in [0.5, 0.6) is 0 Å². The first kappa shape index (κ1) is 8.16. The minimum atomic E-state index is -2.73. The molecule has 3 nitrogen and oxygen atoms in total. The lowest BCUT2D eigenvalue weighted by Crippen LogP contribution is -2.19. The van der Waals surface area contributed by atoms with Crippen molar-refractivity contribution in [1.29, 1.82) is 0 Å². The third-order valence-corrected chi connectivity index (χ3v) is 2.97. The highest BCUT2D eigenvalue weighted by molar-refractivity contribution is 8.42. The van der Waals surface area contributed by atoms with Crippen LogP contribution in [0.4, 0.5) is 0 Å². The number of nitrogens with two attached hydrogens (primary N) is 1. The van der Waals surface area contributed by atoms with Crippen molar-refractivity contribution in [2.75, 3.05) is 5.75 Å². The molecule has 0 amide bonds. The van der Waals surface area contributed by atoms with Crippen molar-refractivity contribution in [1.82, 2.24) is 0 Å². The van der Waals surface area contributed by atoms with Crippen LogP contribution in [0.25, 0.3) is 0 Å². The topological polar surface area (TPSA) is 66.5 Å². The molecule has 0 rings (SSSR count). The molecule has 0 aliphatic rings. The largest absolute Gasteiger partial charge is 0.377 e. The molecule has 50 valence electrons. The normalized spacial score (nSPS) is 13.4. The van der Waals surface area contributed by atoms with Crippen molar-refractivity contribution in [3.63, 3.8) is 0 Å². The van der Waals surface area contributed by atoms with E-state index < -0.39 is 10.6 Å². The van der Waals surface area contributed by atoms with E-state index in [1.54, 1.807) is 6.92 Å². The summed E-state index contributed by atoms with van der Waals surface area (Å²) in [6, 6.07) is 0. The molecule has 8 heavy (non-hydrogen) atoms. The second-order valence-electron chi connectivity index (χ2n) is 1.27. The molecule has 0 aromatic heterocycles. The van der Waals surface area contributed by atoms with Gasteiger partial charge in [0, 0.05) is 5.75 Å². The third-order valence-electron chi connectivity index (χ3n) is 0.725. The van der Waals surface area contributed by atoms with Gasteiger partial charge in [-0.15, -0.1) is 10.6 Å². The zero-order valence-electron chi connectivity index (χ0n) is 4.50. The van der Waals surface area contributed by atoms with Crippen LogP contribution in [0, 0.1) is 0 Å². The highest BCUT2D eigenvalue weighted by Crippen LogP contribution is 2.36. The molecule has 0 spiro atoms. The Hall–Kier alpha value is 0.160. The first-order chi connectivity index (χ1) is 3.50. The molecule has 0 aromatic carbocycles. The predicted molar refractivity (Wildman–Crippen MR) is 40.2 cm³/mol. The second-order valence-corrected chi connectivity index (χ2v) is 4.32. The number of thiocarbonyl (C=S) groups is 1. The van der Waals surface area contributed by atoms with E-state index >= 15 is 0 Å². The molecule has 4 N–H and O–H groups in total. The Morgan fingerprint density at radius 2 is 2.12 bits per heavy atom. The summed E-state index contributed by atoms with van der Waals surface area (Å²) in [6.45, 7) is 1.62. The van der Waals surface area contributed by atoms with Crippen LogP contribution < -0.4 is 5.73 Å². The first-order valence-electron chi connectivity index (χ1n) is 2.06. The average molecular weight is 155 g/mol. The van der Waals surface area contributed by atoms with E-state index in [1.165, 1.54) is 0 Å². The Bertz CT molecular complexity index is 103. The fourth-order valence-corrected chi connectivity index (χ4v) is 0.780. The smallest absolute Gasteiger partial charge is 0.183 e. The lowest BCUT2D eigenvalue weighted by Gasteiger charge is -2.27. The van der Waals surface area contributed by atoms with Gasteiger partial charge in [0.1, 0.15) is 0 Å². The van der Waals surface area contributed by atoms with Crippen molar-refractivity contribution in [3.8, 4) is 0 Å². The highest BCUT2D eigenvalue weighted by atomic mass is 32.3. The van der Waals surface area contributed by atoms with Gasteiger partial charge < -0.3 is 5.73 Å². The van der Waals surface area contributed by atoms with Gasteiger partial charge in [-0.2, -0.15) is 0 Å². The van der Waals surface area contributed by atoms with E-state index in [1.807, 2.05) is 0 Å². The van der Waals surface area contributed by atoms with Gasteiger partial charge >= 0.3 is 0 Å². The quantitative estimate of drug-likeness (QED) is 0.494. The molecule has 0 aliphatic heterocycles. The monoisotopic (exact) mass is 155 g/mol. The summed E-state index contributed by atoms with van der Waals surface area (Å²) in [5, 5.41) is 0. The lowest BCUT2D eigenvalue weighted by molar-refractivity contribution is 0.505. The number of hydrogen-bond donors (Lipinski definition) is 3. The third kappa shape index (κ3) is 1.95. The minimum Gasteiger partial charge on any atom is -0.377 e. The fraction of sp³-hybridized carbons (Fsp3) is 0.667. The summed E-state index contributed by atoms with van der Waals surface area (Å²) in [5.74, 6) is 0.211. The molecule has 0 fully saturated rings. The summed E-state index contributed by atoms with van der Waals surface area (Å²) < 4.78 is 17.4. The molecule has 0 atom stereocenters. The molecule has 5 heteroatoms. The Balaban J connectivity index is 3.91. The van der Waals surface area contributed by atoms with E-state index in [-0.39, 0.29) is 10.1 Å². The van der Waals surface area contributed by atoms with Crippen LogP contribution >= 0.6 is 22.8 Å². The van der Waals surface area contributed by atoms with Gasteiger partial charge in [0.2, 0.25) is 0 Å². The Kier molecular flexibility index (Phi) is 2.68. The maximum Gasteiger partial charge on any atom is 0.183 e. The van der Waals surface area contributed by atoms with Gasteiger partial charge in [-0.25, -0.2) is 0 Å². The van der Waals surface area contributed by atoms with Crippen molar-refractivity contribution in [2.24, 2.45) is 5.73 Å². The summed E-state index contributed by atoms with van der Waals surface area (Å²) in [5.41, 5.74) is 4.95. The van der Waals surface area contributed by atoms with Gasteiger partial charge in [-0.05, 0) is 19.1 Å². The van der Waals surface area contributed by atoms with Crippen molar-refractivity contribution in [2.45, 2.75) is 6.92 Å². The van der Waals surface area contributed by atoms with E-state index in [9.17, 15) is 0 Å². The predicted octanol–water partition coefficient (Wildman–Crippen LogP) is 1.00. The minimum absolute atomic E-state index is 0.194. The summed E-state index contributed by atoms with van der Waals surface area (Å²) >= 11 is 4.35. The molecule has 0 aliphatic carbocycles. The first-order valence-corrected chi connectivity index (χ1v) is 4.18. The van der Waals surface area contributed by atoms with Gasteiger partial charge in [0.05, 0.1) is 0 Å². The number of hydrogen-bond acceptors (Lipinski definition) is 3. The molecule has 0 saturated heterocycles. The van der Waals surface area contributed by atoms with Crippen molar-refractivity contribution in [3.05, 3.63) is 0 Å². The number of rotatable bonds is 1. The summed E-state index contributed by atoms with van der Waals surface area (Å²) in [4.78, 5) is 0. The van der Waals surface area contributed by atoms with Gasteiger partial charge in [-0.1, -0.05) is 0 Å². The molecule has 0 saturated carbocycles. The fourth-order valence-electron chi connectivity index (χ4n) is 0.142. The SMILES string of the molecule is CCS(O)(O)C(N)=S. The van der Waals surface area contributed by atoms with Crippen LogP contribution in [-0.4, -0.2) is 19.2 Å². The molecule has 0 aromatic rings. The molecule has 0 heterocycles. The Morgan fingerprint density at radius 3 is 2.12 bits per heavy atom. The highest BCUT2D eigenvalue weighted by Gasteiger charge is 2.10. The zero-order valence-corrected chi connectivity index (χ0v) is 6.13. The summed E-state index contributed by atoms with van der Waals surface area (Å²) in [7, 11) is -2.73. The van der Waals surface area contributed by atoms with E-state index in [2.05, 4.69) is 12.2 Å². The second kappa shape index (κ2) is 2.63. The standard InChI is InChI=1S/C3H9NO2S2/c1-2-8(5,6)3(4)7/h5-6H,2H2,1H3,(H2,4,7). The molecular weight excluding hydrogens is 146 g/mol. The Morgan fingerprint density at radius 1 is 1.75 bits per heavy atom.